The van der Waals surface area contributed by atoms with Crippen LogP contribution in [0.25, 0.3) is 0 Å². The van der Waals surface area contributed by atoms with Crippen LogP contribution in [0.4, 0.5) is 18.9 Å². The zero-order valence-corrected chi connectivity index (χ0v) is 19.6. The standard InChI is InChI=1S/C20H17BrCl2F3N5O/c21-17-18(12-2-3-12)31(29-19(17)20(24,25)26)6-5-16(32)28-13-8-27-30(10-13)9-11-1-4-14(22)15(23)7-11/h1,4,7-8,10,12H,2-3,5-6,9H2,(H,28,32). The van der Waals surface area contributed by atoms with E-state index in [-0.39, 0.29) is 29.3 Å². The van der Waals surface area contributed by atoms with Crippen molar-refractivity contribution in [3.05, 3.63) is 62.1 Å². The number of aryl methyl sites for hydroxylation is 1. The van der Waals surface area contributed by atoms with Crippen LogP contribution in [-0.4, -0.2) is 25.5 Å². The van der Waals surface area contributed by atoms with E-state index in [0.717, 1.165) is 18.4 Å². The number of carbonyl (C=O) groups is 1. The highest BCUT2D eigenvalue weighted by molar-refractivity contribution is 9.10. The minimum atomic E-state index is -4.56. The summed E-state index contributed by atoms with van der Waals surface area (Å²) in [4.78, 5) is 12.4. The SMILES string of the molecule is O=C(CCn1nc(C(F)(F)F)c(Br)c1C1CC1)Nc1cnn(Cc2ccc(Cl)c(Cl)c2)c1. The van der Waals surface area contributed by atoms with Crippen LogP contribution in [0.5, 0.6) is 0 Å². The largest absolute Gasteiger partial charge is 0.436 e. The fourth-order valence-corrected chi connectivity index (χ4v) is 4.48. The van der Waals surface area contributed by atoms with Gasteiger partial charge in [-0.2, -0.15) is 23.4 Å². The van der Waals surface area contributed by atoms with Crippen LogP contribution in [0.3, 0.4) is 0 Å². The van der Waals surface area contributed by atoms with Crippen molar-refractivity contribution >= 4 is 50.7 Å². The quantitative estimate of drug-likeness (QED) is 0.385. The Hall–Kier alpha value is -2.04. The van der Waals surface area contributed by atoms with Gasteiger partial charge >= 0.3 is 6.18 Å². The molecule has 0 unspecified atom stereocenters. The van der Waals surface area contributed by atoms with Crippen molar-refractivity contribution < 1.29 is 18.0 Å². The van der Waals surface area contributed by atoms with E-state index in [2.05, 4.69) is 31.4 Å². The van der Waals surface area contributed by atoms with Crippen molar-refractivity contribution in [1.29, 1.82) is 0 Å². The van der Waals surface area contributed by atoms with Crippen molar-refractivity contribution in [2.24, 2.45) is 0 Å². The van der Waals surface area contributed by atoms with E-state index in [1.165, 1.54) is 10.9 Å². The summed E-state index contributed by atoms with van der Waals surface area (Å²) >= 11 is 15.0. The maximum Gasteiger partial charge on any atom is 0.436 e. The Morgan fingerprint density at radius 1 is 1.25 bits per heavy atom. The molecule has 1 aliphatic carbocycles. The molecule has 1 aromatic carbocycles. The van der Waals surface area contributed by atoms with Crippen LogP contribution in [-0.2, 0) is 24.1 Å². The molecule has 1 N–H and O–H groups in total. The van der Waals surface area contributed by atoms with Gasteiger partial charge in [-0.3, -0.25) is 14.2 Å². The van der Waals surface area contributed by atoms with E-state index < -0.39 is 11.9 Å². The number of hydrogen-bond donors (Lipinski definition) is 1. The second-order valence-electron chi connectivity index (χ2n) is 7.52. The van der Waals surface area contributed by atoms with Crippen molar-refractivity contribution in [3.63, 3.8) is 0 Å². The Morgan fingerprint density at radius 3 is 2.66 bits per heavy atom. The highest BCUT2D eigenvalue weighted by Gasteiger charge is 2.41. The summed E-state index contributed by atoms with van der Waals surface area (Å²) in [6, 6.07) is 5.25. The summed E-state index contributed by atoms with van der Waals surface area (Å²) in [5, 5.41) is 11.5. The molecular weight excluding hydrogens is 534 g/mol. The molecule has 2 heterocycles. The van der Waals surface area contributed by atoms with Gasteiger partial charge in [-0.15, -0.1) is 0 Å². The average molecular weight is 551 g/mol. The lowest BCUT2D eigenvalue weighted by molar-refractivity contribution is -0.142. The fourth-order valence-electron chi connectivity index (χ4n) is 3.32. The molecule has 4 rings (SSSR count). The lowest BCUT2D eigenvalue weighted by atomic mass is 10.2. The first-order chi connectivity index (χ1) is 15.1. The zero-order valence-electron chi connectivity index (χ0n) is 16.5. The van der Waals surface area contributed by atoms with Gasteiger partial charge in [0.25, 0.3) is 0 Å². The van der Waals surface area contributed by atoms with Crippen molar-refractivity contribution in [2.45, 2.75) is 44.4 Å². The third-order valence-corrected chi connectivity index (χ3v) is 6.48. The van der Waals surface area contributed by atoms with Crippen molar-refractivity contribution in [1.82, 2.24) is 19.6 Å². The second kappa shape index (κ2) is 9.07. The maximum absolute atomic E-state index is 13.2. The van der Waals surface area contributed by atoms with Gasteiger partial charge in [0.1, 0.15) is 0 Å². The molecule has 0 aliphatic heterocycles. The Kier molecular flexibility index (Phi) is 6.56. The van der Waals surface area contributed by atoms with E-state index in [1.54, 1.807) is 23.0 Å². The number of alkyl halides is 3. The molecule has 170 valence electrons. The molecule has 12 heteroatoms. The number of anilines is 1. The molecule has 6 nitrogen and oxygen atoms in total. The van der Waals surface area contributed by atoms with Crippen molar-refractivity contribution in [3.8, 4) is 0 Å². The van der Waals surface area contributed by atoms with E-state index in [1.807, 2.05) is 6.07 Å². The minimum absolute atomic E-state index is 0.0247. The van der Waals surface area contributed by atoms with Crippen LogP contribution in [0.1, 0.15) is 42.1 Å². The number of nitrogens with zero attached hydrogens (tertiary/aromatic N) is 4. The summed E-state index contributed by atoms with van der Waals surface area (Å²) in [7, 11) is 0. The summed E-state index contributed by atoms with van der Waals surface area (Å²) in [5.41, 5.74) is 0.913. The summed E-state index contributed by atoms with van der Waals surface area (Å²) < 4.78 is 42.5. The Morgan fingerprint density at radius 2 is 2.00 bits per heavy atom. The number of nitrogens with one attached hydrogen (secondary N) is 1. The molecule has 0 radical (unpaired) electrons. The van der Waals surface area contributed by atoms with Gasteiger partial charge in [-0.05, 0) is 46.5 Å². The number of halogens is 6. The van der Waals surface area contributed by atoms with Gasteiger partial charge in [0.2, 0.25) is 5.91 Å². The highest BCUT2D eigenvalue weighted by Crippen LogP contribution is 2.47. The van der Waals surface area contributed by atoms with Gasteiger partial charge in [-0.25, -0.2) is 0 Å². The first-order valence-electron chi connectivity index (χ1n) is 9.71. The van der Waals surface area contributed by atoms with E-state index in [4.69, 9.17) is 23.2 Å². The topological polar surface area (TPSA) is 64.7 Å². The fraction of sp³-hybridized carbons (Fsp3) is 0.350. The molecule has 32 heavy (non-hydrogen) atoms. The normalized spacial score (nSPS) is 14.1. The molecule has 2 aromatic heterocycles. The number of hydrogen-bond acceptors (Lipinski definition) is 3. The number of rotatable bonds is 7. The minimum Gasteiger partial charge on any atom is -0.323 e. The predicted molar refractivity (Wildman–Crippen MR) is 118 cm³/mol. The van der Waals surface area contributed by atoms with Gasteiger partial charge < -0.3 is 5.32 Å². The molecule has 3 aromatic rings. The monoisotopic (exact) mass is 549 g/mol. The number of carbonyl (C=O) groups excluding carboxylic acids is 1. The third-order valence-electron chi connectivity index (χ3n) is 4.96. The van der Waals surface area contributed by atoms with Gasteiger partial charge in [0, 0.05) is 18.5 Å². The van der Waals surface area contributed by atoms with E-state index in [9.17, 15) is 18.0 Å². The number of amides is 1. The molecule has 1 fully saturated rings. The highest BCUT2D eigenvalue weighted by atomic mass is 79.9. The first-order valence-corrected chi connectivity index (χ1v) is 11.3. The zero-order chi connectivity index (χ0) is 23.0. The lowest BCUT2D eigenvalue weighted by Gasteiger charge is -2.07. The first kappa shape index (κ1) is 23.1. The molecular formula is C20H17BrCl2F3N5O. The molecule has 0 spiro atoms. The summed E-state index contributed by atoms with van der Waals surface area (Å²) in [5.74, 6) is -0.309. The van der Waals surface area contributed by atoms with Crippen LogP contribution >= 0.6 is 39.1 Å². The van der Waals surface area contributed by atoms with Crippen LogP contribution in [0.2, 0.25) is 10.0 Å². The summed E-state index contributed by atoms with van der Waals surface area (Å²) in [6.45, 7) is 0.475. The molecule has 0 atom stereocenters. The van der Waals surface area contributed by atoms with Crippen LogP contribution in [0, 0.1) is 0 Å². The Balaban J connectivity index is 1.37. The third kappa shape index (κ3) is 5.29. The Bertz CT molecular complexity index is 1160. The smallest absolute Gasteiger partial charge is 0.323 e. The molecule has 1 aliphatic rings. The summed E-state index contributed by atoms with van der Waals surface area (Å²) in [6.07, 6.45) is 0.194. The van der Waals surface area contributed by atoms with Gasteiger partial charge in [-0.1, -0.05) is 29.3 Å². The second-order valence-corrected chi connectivity index (χ2v) is 9.12. The van der Waals surface area contributed by atoms with Crippen LogP contribution in [0.15, 0.2) is 35.1 Å². The Labute approximate surface area is 199 Å². The number of benzene rings is 1. The predicted octanol–water partition coefficient (Wildman–Crippen LogP) is 6.12. The lowest BCUT2D eigenvalue weighted by Crippen LogP contribution is -2.16. The van der Waals surface area contributed by atoms with E-state index >= 15 is 0 Å². The number of aromatic nitrogens is 4. The molecule has 0 saturated heterocycles. The average Bonchev–Trinajstić information content (AvgIpc) is 3.35. The van der Waals surface area contributed by atoms with Gasteiger partial charge in [0.15, 0.2) is 5.69 Å². The van der Waals surface area contributed by atoms with Crippen LogP contribution < -0.4 is 5.32 Å². The van der Waals surface area contributed by atoms with Gasteiger partial charge in [0.05, 0.1) is 45.2 Å². The van der Waals surface area contributed by atoms with Crippen molar-refractivity contribution in [2.75, 3.05) is 5.32 Å². The molecule has 1 saturated carbocycles. The maximum atomic E-state index is 13.2. The molecule has 1 amide bonds. The molecule has 0 bridgehead atoms. The van der Waals surface area contributed by atoms with E-state index in [0.29, 0.717) is 28.0 Å².